The number of ether oxygens (including phenoxy) is 2. The Morgan fingerprint density at radius 2 is 1.42 bits per heavy atom. The predicted octanol–water partition coefficient (Wildman–Crippen LogP) is 2.63. The van der Waals surface area contributed by atoms with Crippen molar-refractivity contribution in [3.8, 4) is 0 Å². The highest BCUT2D eigenvalue weighted by Crippen LogP contribution is 2.30. The van der Waals surface area contributed by atoms with E-state index in [0.717, 1.165) is 12.8 Å². The van der Waals surface area contributed by atoms with Crippen molar-refractivity contribution < 1.29 is 24.2 Å². The Bertz CT molecular complexity index is 276. The monoisotopic (exact) mass is 274 g/mol. The number of carboxylic acid groups (broad SMARTS) is 1. The molecule has 0 saturated carbocycles. The molecule has 0 heterocycles. The van der Waals surface area contributed by atoms with Crippen molar-refractivity contribution in [2.45, 2.75) is 59.7 Å². The highest BCUT2D eigenvalue weighted by atomic mass is 16.7. The molecule has 0 aromatic carbocycles. The lowest BCUT2D eigenvalue weighted by atomic mass is 9.78. The Labute approximate surface area is 115 Å². The van der Waals surface area contributed by atoms with Crippen LogP contribution in [0.3, 0.4) is 0 Å². The van der Waals surface area contributed by atoms with E-state index in [2.05, 4.69) is 0 Å². The van der Waals surface area contributed by atoms with Gasteiger partial charge in [0.25, 0.3) is 0 Å². The first-order valence-corrected chi connectivity index (χ1v) is 7.00. The average molecular weight is 274 g/mol. The van der Waals surface area contributed by atoms with Gasteiger partial charge in [0, 0.05) is 13.2 Å². The van der Waals surface area contributed by atoms with Crippen molar-refractivity contribution in [2.75, 3.05) is 13.2 Å². The van der Waals surface area contributed by atoms with Crippen molar-refractivity contribution in [1.29, 1.82) is 0 Å². The standard InChI is InChI=1S/C14H26O5/c1-5-9-18-12(19-10-6-2)11(15)14(7-3,8-4)13(16)17/h12H,5-10H2,1-4H3,(H,16,17). The summed E-state index contributed by atoms with van der Waals surface area (Å²) in [6.45, 7) is 8.00. The Hall–Kier alpha value is -0.940. The number of carbonyl (C=O) groups is 2. The van der Waals surface area contributed by atoms with Crippen LogP contribution in [0.4, 0.5) is 0 Å². The molecule has 0 atom stereocenters. The van der Waals surface area contributed by atoms with Gasteiger partial charge in [0.15, 0.2) is 0 Å². The quantitative estimate of drug-likeness (QED) is 0.463. The maximum atomic E-state index is 12.4. The molecular weight excluding hydrogens is 248 g/mol. The summed E-state index contributed by atoms with van der Waals surface area (Å²) < 4.78 is 10.8. The van der Waals surface area contributed by atoms with Crippen LogP contribution in [0.15, 0.2) is 0 Å². The molecule has 0 amide bonds. The van der Waals surface area contributed by atoms with Crippen LogP contribution in [0, 0.1) is 5.41 Å². The molecule has 0 bridgehead atoms. The molecule has 0 aliphatic carbocycles. The maximum absolute atomic E-state index is 12.4. The molecule has 0 saturated heterocycles. The van der Waals surface area contributed by atoms with Crippen LogP contribution in [-0.4, -0.2) is 36.4 Å². The van der Waals surface area contributed by atoms with Gasteiger partial charge < -0.3 is 14.6 Å². The molecule has 1 N–H and O–H groups in total. The molecule has 19 heavy (non-hydrogen) atoms. The van der Waals surface area contributed by atoms with Gasteiger partial charge in [-0.05, 0) is 25.7 Å². The Morgan fingerprint density at radius 3 is 1.68 bits per heavy atom. The van der Waals surface area contributed by atoms with E-state index in [4.69, 9.17) is 9.47 Å². The fourth-order valence-electron chi connectivity index (χ4n) is 1.88. The second kappa shape index (κ2) is 9.04. The number of hydrogen-bond donors (Lipinski definition) is 1. The molecule has 112 valence electrons. The van der Waals surface area contributed by atoms with E-state index >= 15 is 0 Å². The second-order valence-electron chi connectivity index (χ2n) is 4.53. The largest absolute Gasteiger partial charge is 0.480 e. The van der Waals surface area contributed by atoms with Crippen molar-refractivity contribution >= 4 is 11.8 Å². The molecular formula is C14H26O5. The van der Waals surface area contributed by atoms with Gasteiger partial charge in [0.05, 0.1) is 0 Å². The number of hydrogen-bond acceptors (Lipinski definition) is 4. The van der Waals surface area contributed by atoms with Gasteiger partial charge in [0.1, 0.15) is 5.41 Å². The zero-order chi connectivity index (χ0) is 14.9. The van der Waals surface area contributed by atoms with E-state index in [9.17, 15) is 14.7 Å². The number of aliphatic carboxylic acids is 1. The minimum Gasteiger partial charge on any atom is -0.480 e. The number of Topliss-reactive ketones (excluding diaryl/α,β-unsaturated/α-hetero) is 1. The van der Waals surface area contributed by atoms with Gasteiger partial charge in [-0.15, -0.1) is 0 Å². The summed E-state index contributed by atoms with van der Waals surface area (Å²) in [4.78, 5) is 23.9. The molecule has 0 aromatic rings. The van der Waals surface area contributed by atoms with Gasteiger partial charge in [0.2, 0.25) is 12.1 Å². The van der Waals surface area contributed by atoms with Crippen LogP contribution in [-0.2, 0) is 19.1 Å². The normalized spacial score (nSPS) is 11.8. The van der Waals surface area contributed by atoms with E-state index in [0.29, 0.717) is 13.2 Å². The first-order chi connectivity index (χ1) is 8.99. The Morgan fingerprint density at radius 1 is 1.00 bits per heavy atom. The van der Waals surface area contributed by atoms with Crippen LogP contribution in [0.1, 0.15) is 53.4 Å². The summed E-state index contributed by atoms with van der Waals surface area (Å²) in [5, 5.41) is 9.36. The summed E-state index contributed by atoms with van der Waals surface area (Å²) in [5.74, 6) is -1.58. The topological polar surface area (TPSA) is 72.8 Å². The zero-order valence-electron chi connectivity index (χ0n) is 12.4. The third-order valence-corrected chi connectivity index (χ3v) is 3.25. The fourth-order valence-corrected chi connectivity index (χ4v) is 1.88. The van der Waals surface area contributed by atoms with E-state index < -0.39 is 23.5 Å². The average Bonchev–Trinajstić information content (AvgIpc) is 2.40. The third kappa shape index (κ3) is 4.58. The van der Waals surface area contributed by atoms with Crippen LogP contribution in [0.5, 0.6) is 0 Å². The van der Waals surface area contributed by atoms with E-state index in [1.165, 1.54) is 0 Å². The molecule has 5 heteroatoms. The summed E-state index contributed by atoms with van der Waals surface area (Å²) in [6, 6.07) is 0. The second-order valence-corrected chi connectivity index (χ2v) is 4.53. The minimum atomic E-state index is -1.41. The van der Waals surface area contributed by atoms with Crippen LogP contribution in [0.2, 0.25) is 0 Å². The third-order valence-electron chi connectivity index (χ3n) is 3.25. The van der Waals surface area contributed by atoms with Gasteiger partial charge in [-0.3, -0.25) is 9.59 Å². The van der Waals surface area contributed by atoms with Gasteiger partial charge in [-0.2, -0.15) is 0 Å². The lowest BCUT2D eigenvalue weighted by Crippen LogP contribution is -2.46. The molecule has 5 nitrogen and oxygen atoms in total. The number of carbonyl (C=O) groups excluding carboxylic acids is 1. The lowest BCUT2D eigenvalue weighted by Gasteiger charge is -2.29. The maximum Gasteiger partial charge on any atom is 0.317 e. The molecule has 0 aliphatic heterocycles. The molecule has 0 aliphatic rings. The highest BCUT2D eigenvalue weighted by molar-refractivity contribution is 6.04. The number of carboxylic acids is 1. The van der Waals surface area contributed by atoms with E-state index in [1.807, 2.05) is 13.8 Å². The number of rotatable bonds is 11. The van der Waals surface area contributed by atoms with Crippen LogP contribution in [0.25, 0.3) is 0 Å². The fraction of sp³-hybridized carbons (Fsp3) is 0.857. The smallest absolute Gasteiger partial charge is 0.317 e. The van der Waals surface area contributed by atoms with Crippen molar-refractivity contribution in [3.05, 3.63) is 0 Å². The molecule has 0 aromatic heterocycles. The lowest BCUT2D eigenvalue weighted by molar-refractivity contribution is -0.186. The predicted molar refractivity (Wildman–Crippen MR) is 71.9 cm³/mol. The molecule has 0 radical (unpaired) electrons. The summed E-state index contributed by atoms with van der Waals surface area (Å²) in [7, 11) is 0. The summed E-state index contributed by atoms with van der Waals surface area (Å²) in [5.41, 5.74) is -1.41. The first-order valence-electron chi connectivity index (χ1n) is 7.00. The van der Waals surface area contributed by atoms with Gasteiger partial charge >= 0.3 is 5.97 Å². The van der Waals surface area contributed by atoms with Crippen molar-refractivity contribution in [2.24, 2.45) is 5.41 Å². The Balaban J connectivity index is 5.05. The van der Waals surface area contributed by atoms with Gasteiger partial charge in [-0.25, -0.2) is 0 Å². The molecule has 0 rings (SSSR count). The van der Waals surface area contributed by atoms with E-state index in [-0.39, 0.29) is 12.8 Å². The number of ketones is 1. The Kier molecular flexibility index (Phi) is 8.59. The van der Waals surface area contributed by atoms with Gasteiger partial charge in [-0.1, -0.05) is 27.7 Å². The van der Waals surface area contributed by atoms with Crippen LogP contribution < -0.4 is 0 Å². The summed E-state index contributed by atoms with van der Waals surface area (Å²) in [6.07, 6.45) is 0.892. The highest BCUT2D eigenvalue weighted by Gasteiger charge is 2.46. The van der Waals surface area contributed by atoms with Crippen LogP contribution >= 0.6 is 0 Å². The molecule has 0 spiro atoms. The van der Waals surface area contributed by atoms with Crippen molar-refractivity contribution in [1.82, 2.24) is 0 Å². The SMILES string of the molecule is CCCOC(OCCC)C(=O)C(CC)(CC)C(=O)O. The van der Waals surface area contributed by atoms with E-state index in [1.54, 1.807) is 13.8 Å². The molecule has 0 unspecified atom stereocenters. The molecule has 0 fully saturated rings. The summed E-state index contributed by atoms with van der Waals surface area (Å²) >= 11 is 0. The first kappa shape index (κ1) is 18.1. The van der Waals surface area contributed by atoms with Crippen molar-refractivity contribution in [3.63, 3.8) is 0 Å². The zero-order valence-corrected chi connectivity index (χ0v) is 12.4. The minimum absolute atomic E-state index is 0.235.